The van der Waals surface area contributed by atoms with Crippen LogP contribution in [0.5, 0.6) is 0 Å². The summed E-state index contributed by atoms with van der Waals surface area (Å²) in [5, 5.41) is 21.4. The van der Waals surface area contributed by atoms with Crippen LogP contribution in [-0.4, -0.2) is 47.0 Å². The molecule has 3 aliphatic heterocycles. The van der Waals surface area contributed by atoms with E-state index < -0.39 is 18.0 Å². The average molecular weight is 364 g/mol. The third-order valence-electron chi connectivity index (χ3n) is 5.43. The van der Waals surface area contributed by atoms with E-state index in [1.807, 2.05) is 6.07 Å². The fourth-order valence-corrected chi connectivity index (χ4v) is 4.17. The van der Waals surface area contributed by atoms with Crippen LogP contribution in [-0.2, 0) is 20.8 Å². The first-order chi connectivity index (χ1) is 11.8. The third-order valence-corrected chi connectivity index (χ3v) is 5.43. The SMILES string of the molecule is C[C@@H](O)[C@H]1C(=O)N2C(C(=O)[O-])=C(c3ccc4c(c3)CC(=O)N4C)C[C@H]12.[Na+]. The third kappa shape index (κ3) is 2.53. The Labute approximate surface area is 172 Å². The standard InChI is InChI=1S/C18H18N2O5.Na/c1-8(21)15-13-7-11(16(18(24)25)20(13)17(15)23)9-3-4-12-10(5-9)6-14(22)19(12)2;/h3-5,8,13,15,21H,6-7H2,1-2H3,(H,24,25);/q;+1/p-1/t8-,13-,15-;/m1./s1. The first-order valence-electron chi connectivity index (χ1n) is 8.16. The second kappa shape index (κ2) is 6.49. The Morgan fingerprint density at radius 3 is 2.65 bits per heavy atom. The topological polar surface area (TPSA) is 101 Å². The molecule has 7 nitrogen and oxygen atoms in total. The van der Waals surface area contributed by atoms with Gasteiger partial charge in [0.05, 0.1) is 36.2 Å². The molecule has 0 radical (unpaired) electrons. The molecule has 0 aromatic heterocycles. The average Bonchev–Trinajstić information content (AvgIpc) is 3.02. The van der Waals surface area contributed by atoms with E-state index in [0.717, 1.165) is 11.3 Å². The number of carboxylic acid groups (broad SMARTS) is 1. The van der Waals surface area contributed by atoms with E-state index in [4.69, 9.17) is 0 Å². The predicted octanol–water partition coefficient (Wildman–Crippen LogP) is -3.72. The second-order valence-electron chi connectivity index (χ2n) is 6.83. The van der Waals surface area contributed by atoms with Crippen molar-refractivity contribution in [1.29, 1.82) is 0 Å². The molecule has 0 saturated carbocycles. The van der Waals surface area contributed by atoms with E-state index in [2.05, 4.69) is 0 Å². The molecule has 1 saturated heterocycles. The molecule has 1 fully saturated rings. The monoisotopic (exact) mass is 364 g/mol. The summed E-state index contributed by atoms with van der Waals surface area (Å²) in [4.78, 5) is 38.5. The van der Waals surface area contributed by atoms with E-state index in [1.165, 1.54) is 11.8 Å². The Morgan fingerprint density at radius 1 is 1.35 bits per heavy atom. The minimum Gasteiger partial charge on any atom is -0.543 e. The van der Waals surface area contributed by atoms with Gasteiger partial charge in [-0.2, -0.15) is 0 Å². The van der Waals surface area contributed by atoms with Crippen LogP contribution in [0.3, 0.4) is 0 Å². The molecule has 1 N–H and O–H groups in total. The molecule has 130 valence electrons. The summed E-state index contributed by atoms with van der Waals surface area (Å²) in [7, 11) is 1.70. The summed E-state index contributed by atoms with van der Waals surface area (Å²) in [5.41, 5.74) is 2.72. The van der Waals surface area contributed by atoms with Crippen LogP contribution in [0.2, 0.25) is 0 Å². The van der Waals surface area contributed by atoms with Gasteiger partial charge < -0.3 is 24.8 Å². The summed E-state index contributed by atoms with van der Waals surface area (Å²) < 4.78 is 0. The maximum atomic E-state index is 12.2. The van der Waals surface area contributed by atoms with E-state index in [1.54, 1.807) is 24.1 Å². The Bertz CT molecular complexity index is 863. The number of carboxylic acids is 1. The molecule has 3 aliphatic rings. The number of hydrogen-bond donors (Lipinski definition) is 1. The van der Waals surface area contributed by atoms with Gasteiger partial charge in [-0.25, -0.2) is 0 Å². The Morgan fingerprint density at radius 2 is 2.04 bits per heavy atom. The summed E-state index contributed by atoms with van der Waals surface area (Å²) >= 11 is 0. The first kappa shape index (κ1) is 19.1. The van der Waals surface area contributed by atoms with Crippen molar-refractivity contribution in [2.24, 2.45) is 5.92 Å². The van der Waals surface area contributed by atoms with Crippen LogP contribution in [0, 0.1) is 5.92 Å². The van der Waals surface area contributed by atoms with Crippen LogP contribution in [0.1, 0.15) is 24.5 Å². The Kier molecular flexibility index (Phi) is 4.77. The molecule has 0 bridgehead atoms. The summed E-state index contributed by atoms with van der Waals surface area (Å²) in [5.74, 6) is -2.39. The van der Waals surface area contributed by atoms with Crippen LogP contribution in [0.4, 0.5) is 5.69 Å². The summed E-state index contributed by atoms with van der Waals surface area (Å²) in [6.45, 7) is 1.54. The van der Waals surface area contributed by atoms with Gasteiger partial charge in [0, 0.05) is 12.7 Å². The van der Waals surface area contributed by atoms with E-state index in [9.17, 15) is 24.6 Å². The zero-order valence-electron chi connectivity index (χ0n) is 14.9. The molecule has 4 rings (SSSR count). The summed E-state index contributed by atoms with van der Waals surface area (Å²) in [6.07, 6.45) is -0.203. The molecular weight excluding hydrogens is 347 g/mol. The van der Waals surface area contributed by atoms with Crippen molar-refractivity contribution >= 4 is 29.0 Å². The fraction of sp³-hybridized carbons (Fsp3) is 0.389. The molecule has 0 aliphatic carbocycles. The number of nitrogens with zero attached hydrogens (tertiary/aromatic N) is 2. The van der Waals surface area contributed by atoms with Gasteiger partial charge in [0.1, 0.15) is 0 Å². The molecule has 3 heterocycles. The molecule has 8 heteroatoms. The van der Waals surface area contributed by atoms with Gasteiger partial charge in [-0.05, 0) is 42.2 Å². The quantitative estimate of drug-likeness (QED) is 0.439. The molecule has 0 unspecified atom stereocenters. The Balaban J connectivity index is 0.00000196. The number of carbonyl (C=O) groups excluding carboxylic acids is 3. The van der Waals surface area contributed by atoms with Gasteiger partial charge in [0.15, 0.2) is 0 Å². The predicted molar refractivity (Wildman–Crippen MR) is 85.9 cm³/mol. The van der Waals surface area contributed by atoms with Crippen molar-refractivity contribution in [3.63, 3.8) is 0 Å². The smallest absolute Gasteiger partial charge is 0.543 e. The van der Waals surface area contributed by atoms with E-state index in [0.29, 0.717) is 17.6 Å². The van der Waals surface area contributed by atoms with Crippen LogP contribution < -0.4 is 39.6 Å². The molecule has 0 spiro atoms. The molecule has 3 atom stereocenters. The van der Waals surface area contributed by atoms with E-state index >= 15 is 0 Å². The normalized spacial score (nSPS) is 24.9. The van der Waals surface area contributed by atoms with Crippen molar-refractivity contribution in [1.82, 2.24) is 4.90 Å². The van der Waals surface area contributed by atoms with Gasteiger partial charge in [0.2, 0.25) is 11.8 Å². The fourth-order valence-electron chi connectivity index (χ4n) is 4.17. The number of rotatable bonds is 3. The van der Waals surface area contributed by atoms with Gasteiger partial charge in [-0.3, -0.25) is 9.59 Å². The molecule has 26 heavy (non-hydrogen) atoms. The maximum Gasteiger partial charge on any atom is 1.00 e. The van der Waals surface area contributed by atoms with Crippen LogP contribution in [0.15, 0.2) is 23.9 Å². The van der Waals surface area contributed by atoms with Gasteiger partial charge >= 0.3 is 29.6 Å². The van der Waals surface area contributed by atoms with E-state index in [-0.39, 0.29) is 59.5 Å². The number of fused-ring (bicyclic) bond motifs is 2. The zero-order chi connectivity index (χ0) is 18.0. The number of β-lactam (4-membered cyclic amide) rings is 1. The minimum absolute atomic E-state index is 0. The number of likely N-dealkylation sites (N-methyl/N-ethyl adjacent to an activating group) is 1. The Hall–Kier alpha value is -1.67. The van der Waals surface area contributed by atoms with Crippen LogP contribution in [0.25, 0.3) is 5.57 Å². The van der Waals surface area contributed by atoms with Gasteiger partial charge in [-0.15, -0.1) is 0 Å². The van der Waals surface area contributed by atoms with Crippen molar-refractivity contribution in [3.8, 4) is 0 Å². The van der Waals surface area contributed by atoms with Crippen molar-refractivity contribution in [3.05, 3.63) is 35.0 Å². The van der Waals surface area contributed by atoms with Crippen LogP contribution >= 0.6 is 0 Å². The van der Waals surface area contributed by atoms with Crippen molar-refractivity contribution in [2.45, 2.75) is 31.9 Å². The molecule has 1 aromatic rings. The van der Waals surface area contributed by atoms with Gasteiger partial charge in [0.25, 0.3) is 0 Å². The first-order valence-corrected chi connectivity index (χ1v) is 8.16. The van der Waals surface area contributed by atoms with Crippen molar-refractivity contribution in [2.75, 3.05) is 11.9 Å². The molecule has 2 amide bonds. The maximum absolute atomic E-state index is 12.2. The summed E-state index contributed by atoms with van der Waals surface area (Å²) in [6, 6.07) is 5.01. The zero-order valence-corrected chi connectivity index (χ0v) is 16.9. The largest absolute Gasteiger partial charge is 1.00 e. The minimum atomic E-state index is -1.40. The number of benzene rings is 1. The van der Waals surface area contributed by atoms with Crippen molar-refractivity contribution < 1.29 is 54.2 Å². The number of anilines is 1. The number of aliphatic carboxylic acids is 1. The second-order valence-corrected chi connectivity index (χ2v) is 6.83. The number of carbonyl (C=O) groups is 3. The number of aliphatic hydroxyl groups excluding tert-OH is 1. The molecule has 1 aromatic carbocycles. The van der Waals surface area contributed by atoms with Gasteiger partial charge in [-0.1, -0.05) is 6.07 Å². The number of amides is 2. The number of hydrogen-bond acceptors (Lipinski definition) is 5. The molecular formula is C18H17N2NaO5. The number of aliphatic hydroxyl groups is 1.